The molecule has 4 saturated heterocycles. The van der Waals surface area contributed by atoms with E-state index in [1.54, 1.807) is 93.5 Å². The summed E-state index contributed by atoms with van der Waals surface area (Å²) in [6.45, 7) is 40.4. The number of halogens is 4. The van der Waals surface area contributed by atoms with E-state index in [-0.39, 0.29) is 23.7 Å². The summed E-state index contributed by atoms with van der Waals surface area (Å²) in [7, 11) is -10.4. The molecule has 3 atom stereocenters. The zero-order valence-electron chi connectivity index (χ0n) is 64.4. The van der Waals surface area contributed by atoms with E-state index in [2.05, 4.69) is 75.3 Å². The minimum Gasteiger partial charge on any atom is -0.381 e. The van der Waals surface area contributed by atoms with Gasteiger partial charge in [-0.05, 0) is 141 Å². The van der Waals surface area contributed by atoms with Gasteiger partial charge in [-0.1, -0.05) is 192 Å². The third-order valence-corrected chi connectivity index (χ3v) is 22.6. The first-order valence-corrected chi connectivity index (χ1v) is 45.8. The molecule has 4 aliphatic rings. The van der Waals surface area contributed by atoms with Gasteiger partial charge in [-0.3, -0.25) is 24.1 Å². The Labute approximate surface area is 651 Å². The van der Waals surface area contributed by atoms with Crippen LogP contribution in [-0.4, -0.2) is 175 Å². The van der Waals surface area contributed by atoms with E-state index in [1.807, 2.05) is 183 Å². The Kier molecular flexibility index (Phi) is 43.2. The van der Waals surface area contributed by atoms with Crippen molar-refractivity contribution in [1.29, 1.82) is 0 Å². The Morgan fingerprint density at radius 1 is 0.396 bits per heavy atom. The first-order chi connectivity index (χ1) is 50.9. The predicted octanol–water partition coefficient (Wildman–Crippen LogP) is 18.1. The minimum absolute atomic E-state index is 0.0323. The molecule has 0 radical (unpaired) electrons. The van der Waals surface area contributed by atoms with Crippen molar-refractivity contribution in [3.05, 3.63) is 202 Å². The number of nitrogens with zero attached hydrogens (tertiary/aromatic N) is 11. The minimum atomic E-state index is -3.48. The Morgan fingerprint density at radius 3 is 1.02 bits per heavy atom. The van der Waals surface area contributed by atoms with Crippen LogP contribution < -0.4 is 5.56 Å². The molecule has 3 unspecified atom stereocenters. The summed E-state index contributed by atoms with van der Waals surface area (Å²) in [6, 6.07) is 48.5. The predicted molar refractivity (Wildman–Crippen MR) is 440 cm³/mol. The number of benzene rings is 6. The zero-order chi connectivity index (χ0) is 79.2. The molecule has 4 fully saturated rings. The average Bonchev–Trinajstić information content (AvgIpc) is 0.854. The van der Waals surface area contributed by atoms with Gasteiger partial charge in [0.25, 0.3) is 5.56 Å². The van der Waals surface area contributed by atoms with E-state index in [4.69, 9.17) is 26.3 Å². The van der Waals surface area contributed by atoms with Gasteiger partial charge in [-0.2, -0.15) is 12.9 Å². The van der Waals surface area contributed by atoms with Gasteiger partial charge >= 0.3 is 5.20 Å². The summed E-state index contributed by atoms with van der Waals surface area (Å²) in [5.41, 5.74) is 3.24. The van der Waals surface area contributed by atoms with Crippen LogP contribution in [0, 0.1) is 6.92 Å². The molecule has 0 spiro atoms. The van der Waals surface area contributed by atoms with Gasteiger partial charge in [0, 0.05) is 108 Å². The number of ether oxygens (including phenoxy) is 1. The van der Waals surface area contributed by atoms with Crippen LogP contribution in [0.25, 0.3) is 32.7 Å². The van der Waals surface area contributed by atoms with Crippen molar-refractivity contribution in [2.45, 2.75) is 156 Å². The molecule has 0 bridgehead atoms. The van der Waals surface area contributed by atoms with E-state index in [0.29, 0.717) is 121 Å². The van der Waals surface area contributed by atoms with Gasteiger partial charge in [0.2, 0.25) is 30.1 Å². The number of aromatic nitrogens is 6. The molecule has 21 nitrogen and oxygen atoms in total. The summed E-state index contributed by atoms with van der Waals surface area (Å²) < 4.78 is 95.8. The fourth-order valence-electron chi connectivity index (χ4n) is 11.2. The van der Waals surface area contributed by atoms with Crippen molar-refractivity contribution in [2.24, 2.45) is 0 Å². The number of piperazine rings is 3. The Hall–Kier alpha value is -5.90. The number of para-hydroxylation sites is 3. The van der Waals surface area contributed by atoms with Crippen molar-refractivity contribution in [3.8, 4) is 0 Å². The van der Waals surface area contributed by atoms with Crippen LogP contribution in [0.5, 0.6) is 0 Å². The summed E-state index contributed by atoms with van der Waals surface area (Å²) >= 11 is 20.2. The van der Waals surface area contributed by atoms with Crippen molar-refractivity contribution in [1.82, 2.24) is 57.5 Å². The molecule has 106 heavy (non-hydrogen) atoms. The van der Waals surface area contributed by atoms with Crippen LogP contribution in [0.2, 0.25) is 5.15 Å². The van der Waals surface area contributed by atoms with Gasteiger partial charge in [-0.15, -0.1) is 0 Å². The van der Waals surface area contributed by atoms with Gasteiger partial charge in [0.15, 0.2) is 0 Å². The van der Waals surface area contributed by atoms with Crippen molar-refractivity contribution in [3.63, 3.8) is 0 Å². The molecule has 1 N–H and O–H groups in total. The number of H-pyrrole nitrogens is 1. The fourth-order valence-corrected chi connectivity index (χ4v) is 15.8. The summed E-state index contributed by atoms with van der Waals surface area (Å²) in [6.07, 6.45) is 2.56. The number of aromatic amines is 1. The standard InChI is InChI=1S/C21H24N4O2S.C20H21ClN4O2S.C20H22N4O3S.C4H8O.6C2H6.Cl3OP/c1-16-19-10-6-7-11-20(19)23-21(22-16)17(2)24-12-14-25(15-13-24)28(26,27)18-8-4-3-5-9-18;1-15(20-22-18-10-6-5-9-17(18)19(21)23-20)24-11-13-25(14-12-24)28(26,27)16-7-3-2-4-8-16;1-15(19-21-18-10-6-5-9-17(18)20(25)22-19)23-11-13-24(14-12-23)28(26,27)16-7-3-2-4-8-16;1-2-4-5-3-1;6*1-2;1-5(2,3)4/h3-11,17H,12-15H2,1-2H3;2-10,15H,11-14H2,1H3;2-10,15H,11-14H2,1H3,(H,21,22,25);1-4H2;6*1-2H3;. The number of aryl methyl sites for hydroxylation is 1. The number of fused-ring (bicyclic) bond motifs is 3. The van der Waals surface area contributed by atoms with Crippen LogP contribution in [0.15, 0.2) is 183 Å². The highest BCUT2D eigenvalue weighted by molar-refractivity contribution is 8.24. The number of sulfonamides is 3. The lowest BCUT2D eigenvalue weighted by Gasteiger charge is -2.36. The lowest BCUT2D eigenvalue weighted by molar-refractivity contribution is 0.141. The lowest BCUT2D eigenvalue weighted by atomic mass is 10.1. The molecule has 3 aromatic heterocycles. The third-order valence-electron chi connectivity index (χ3n) is 16.6. The summed E-state index contributed by atoms with van der Waals surface area (Å²) in [4.78, 5) is 46.0. The van der Waals surface area contributed by atoms with Gasteiger partial charge in [0.05, 0.1) is 54.7 Å². The smallest absolute Gasteiger partial charge is 0.339 e. The van der Waals surface area contributed by atoms with Crippen LogP contribution in [0.3, 0.4) is 0 Å². The zero-order valence-corrected chi connectivity index (χ0v) is 70.8. The highest BCUT2D eigenvalue weighted by atomic mass is 36.0. The maximum Gasteiger partial charge on any atom is 0.339 e. The Balaban J connectivity index is 0.000000362. The molecular formula is C77H111Cl4N12O9PS3. The molecule has 584 valence electrons. The van der Waals surface area contributed by atoms with Gasteiger partial charge in [0.1, 0.15) is 22.6 Å². The van der Waals surface area contributed by atoms with Crippen LogP contribution in [0.1, 0.15) is 158 Å². The first kappa shape index (κ1) is 94.3. The van der Waals surface area contributed by atoms with E-state index in [0.717, 1.165) is 46.5 Å². The number of rotatable bonds is 12. The van der Waals surface area contributed by atoms with Gasteiger partial charge < -0.3 is 9.72 Å². The highest BCUT2D eigenvalue weighted by Gasteiger charge is 2.34. The Bertz CT molecular complexity index is 4270. The lowest BCUT2D eigenvalue weighted by Crippen LogP contribution is -2.49. The molecule has 29 heteroatoms. The molecule has 6 aromatic carbocycles. The molecule has 4 aliphatic heterocycles. The molecule has 0 aliphatic carbocycles. The quantitative estimate of drug-likeness (QED) is 0.0882. The Morgan fingerprint density at radius 2 is 0.679 bits per heavy atom. The molecule has 7 heterocycles. The van der Waals surface area contributed by atoms with Crippen LogP contribution in [0.4, 0.5) is 0 Å². The maximum absolute atomic E-state index is 12.8. The largest absolute Gasteiger partial charge is 0.381 e. The molecular weight excluding hydrogens is 1510 g/mol. The average molecular weight is 1620 g/mol. The number of nitrogens with one attached hydrogen (secondary N) is 1. The van der Waals surface area contributed by atoms with Gasteiger partial charge in [-0.25, -0.2) is 50.2 Å². The topological polar surface area (TPSA) is 245 Å². The van der Waals surface area contributed by atoms with Crippen LogP contribution in [-0.2, 0) is 39.4 Å². The van der Waals surface area contributed by atoms with E-state index < -0.39 is 35.3 Å². The molecule has 13 rings (SSSR count). The third kappa shape index (κ3) is 27.9. The molecule has 9 aromatic rings. The second-order valence-corrected chi connectivity index (χ2v) is 35.4. The van der Waals surface area contributed by atoms with E-state index >= 15 is 0 Å². The van der Waals surface area contributed by atoms with E-state index in [9.17, 15) is 34.6 Å². The van der Waals surface area contributed by atoms with Crippen molar-refractivity contribution < 1.29 is 34.6 Å². The second-order valence-electron chi connectivity index (χ2n) is 22.5. The number of hydrogen-bond donors (Lipinski definition) is 1. The van der Waals surface area contributed by atoms with Crippen molar-refractivity contribution >= 4 is 113 Å². The maximum atomic E-state index is 12.8. The normalized spacial score (nSPS) is 16.0. The first-order valence-electron chi connectivity index (χ1n) is 36.7. The molecule has 0 saturated carbocycles. The molecule has 0 amide bonds. The van der Waals surface area contributed by atoms with E-state index in [1.165, 1.54) is 17.1 Å². The SMILES string of the molecule is C1CCOC1.CC.CC.CC.CC.CC.CC.CC(c1nc(Cl)c2ccccc2n1)N1CCN(S(=O)(=O)c2ccccc2)CC1.CC(c1nc2ccccc2c(=O)[nH]1)N1CCN(S(=O)(=O)c2ccccc2)CC1.Cc1nc(C(C)N2CCN(S(=O)(=O)c3ccccc3)CC2)nc2ccccc12.O=P(Cl)(Cl)Cl. The summed E-state index contributed by atoms with van der Waals surface area (Å²) in [5, 5.41) is -0.314. The second kappa shape index (κ2) is 48.6. The van der Waals surface area contributed by atoms with Crippen LogP contribution >= 0.6 is 50.5 Å². The van der Waals surface area contributed by atoms with Crippen molar-refractivity contribution in [2.75, 3.05) is 91.8 Å². The fraction of sp³-hybridized carbons (Fsp3) is 0.455. The highest BCUT2D eigenvalue weighted by Crippen LogP contribution is 2.61. The number of hydrogen-bond acceptors (Lipinski definition) is 17. The monoisotopic (exact) mass is 1610 g/mol. The summed E-state index contributed by atoms with van der Waals surface area (Å²) in [5.74, 6) is 2.04.